The average Bonchev–Trinajstić information content (AvgIpc) is 2.48. The summed E-state index contributed by atoms with van der Waals surface area (Å²) in [7, 11) is 1.31. The topological polar surface area (TPSA) is 55.4 Å². The Balaban J connectivity index is -0.000000105. The zero-order valence-electron chi connectivity index (χ0n) is 14.7. The first-order chi connectivity index (χ1) is 10.7. The molecule has 0 saturated heterocycles. The lowest BCUT2D eigenvalue weighted by atomic mass is 10.3. The SMILES string of the molecule is C=COOC=C.C=COOC=C.C=COOC=C.CC(C)(C)[SiH3]. The monoisotopic (exact) mass is 346 g/mol. The van der Waals surface area contributed by atoms with Crippen LogP contribution >= 0.6 is 0 Å². The van der Waals surface area contributed by atoms with Crippen LogP contribution in [-0.4, -0.2) is 10.2 Å². The van der Waals surface area contributed by atoms with Gasteiger partial charge in [-0.3, -0.25) is 29.3 Å². The molecule has 0 radical (unpaired) electrons. The Kier molecular flexibility index (Phi) is 34.5. The van der Waals surface area contributed by atoms with Crippen molar-refractivity contribution in [1.29, 1.82) is 0 Å². The maximum absolute atomic E-state index is 4.13. The molecule has 0 aliphatic rings. The minimum Gasteiger partial charge on any atom is -0.299 e. The number of rotatable bonds is 9. The minimum atomic E-state index is 0.639. The molecule has 0 aromatic rings. The molecule has 0 aliphatic carbocycles. The van der Waals surface area contributed by atoms with Crippen molar-refractivity contribution in [2.45, 2.75) is 25.8 Å². The Morgan fingerprint density at radius 3 is 0.652 bits per heavy atom. The average molecular weight is 346 g/mol. The normalized spacial score (nSPS) is 7.43. The zero-order chi connectivity index (χ0) is 19.0. The van der Waals surface area contributed by atoms with E-state index in [9.17, 15) is 0 Å². The van der Waals surface area contributed by atoms with Crippen molar-refractivity contribution in [2.24, 2.45) is 0 Å². The molecular formula is C16H30O6Si. The van der Waals surface area contributed by atoms with Crippen molar-refractivity contribution in [1.82, 2.24) is 0 Å². The van der Waals surface area contributed by atoms with Gasteiger partial charge in [0.2, 0.25) is 0 Å². The van der Waals surface area contributed by atoms with Crippen molar-refractivity contribution in [3.63, 3.8) is 0 Å². The van der Waals surface area contributed by atoms with Crippen molar-refractivity contribution >= 4 is 10.2 Å². The predicted octanol–water partition coefficient (Wildman–Crippen LogP) is 4.24. The highest BCUT2D eigenvalue weighted by Gasteiger charge is 1.95. The Hall–Kier alpha value is -2.54. The summed E-state index contributed by atoms with van der Waals surface area (Å²) in [5, 5.41) is 0.639. The van der Waals surface area contributed by atoms with Gasteiger partial charge in [-0.1, -0.05) is 65.3 Å². The molecule has 7 heteroatoms. The molecule has 0 amide bonds. The van der Waals surface area contributed by atoms with Gasteiger partial charge in [-0.25, -0.2) is 0 Å². The highest BCUT2D eigenvalue weighted by Crippen LogP contribution is 2.13. The van der Waals surface area contributed by atoms with Crippen LogP contribution in [-0.2, 0) is 29.3 Å². The maximum atomic E-state index is 4.13. The first-order valence-corrected chi connectivity index (χ1v) is 7.36. The van der Waals surface area contributed by atoms with Crippen LogP contribution in [0.4, 0.5) is 0 Å². The fourth-order valence-corrected chi connectivity index (χ4v) is 0.236. The van der Waals surface area contributed by atoms with Gasteiger partial charge in [0.25, 0.3) is 0 Å². The summed E-state index contributed by atoms with van der Waals surface area (Å²) in [5.41, 5.74) is 0. The van der Waals surface area contributed by atoms with Crippen LogP contribution in [0.25, 0.3) is 0 Å². The lowest BCUT2D eigenvalue weighted by Crippen LogP contribution is -1.90. The van der Waals surface area contributed by atoms with Crippen LogP contribution < -0.4 is 0 Å². The molecule has 0 aromatic carbocycles. The van der Waals surface area contributed by atoms with Crippen molar-refractivity contribution in [2.75, 3.05) is 0 Å². The van der Waals surface area contributed by atoms with Crippen molar-refractivity contribution in [3.05, 3.63) is 77.0 Å². The highest BCUT2D eigenvalue weighted by atomic mass is 28.1. The fraction of sp³-hybridized carbons (Fsp3) is 0.250. The summed E-state index contributed by atoms with van der Waals surface area (Å²) in [6.45, 7) is 26.0. The van der Waals surface area contributed by atoms with E-state index in [1.54, 1.807) is 0 Å². The fourth-order valence-electron chi connectivity index (χ4n) is 0.236. The molecule has 0 rings (SSSR count). The molecular weight excluding hydrogens is 316 g/mol. The van der Waals surface area contributed by atoms with E-state index in [2.05, 4.69) is 89.6 Å². The highest BCUT2D eigenvalue weighted by molar-refractivity contribution is 6.14. The summed E-state index contributed by atoms with van der Waals surface area (Å²) < 4.78 is 0. The third kappa shape index (κ3) is 142. The van der Waals surface area contributed by atoms with Crippen LogP contribution in [0.1, 0.15) is 20.8 Å². The van der Waals surface area contributed by atoms with Gasteiger partial charge in [0.15, 0.2) is 0 Å². The van der Waals surface area contributed by atoms with E-state index in [4.69, 9.17) is 0 Å². The van der Waals surface area contributed by atoms with Crippen LogP contribution in [0.15, 0.2) is 77.0 Å². The molecule has 0 bridgehead atoms. The quantitative estimate of drug-likeness (QED) is 0.205. The lowest BCUT2D eigenvalue weighted by molar-refractivity contribution is -0.194. The van der Waals surface area contributed by atoms with E-state index in [-0.39, 0.29) is 0 Å². The molecule has 0 unspecified atom stereocenters. The molecule has 0 atom stereocenters. The van der Waals surface area contributed by atoms with E-state index in [1.165, 1.54) is 47.8 Å². The number of hydrogen-bond donors (Lipinski definition) is 0. The predicted molar refractivity (Wildman–Crippen MR) is 97.3 cm³/mol. The first kappa shape index (κ1) is 28.6. The van der Waals surface area contributed by atoms with Gasteiger partial charge in [-0.15, -0.1) is 0 Å². The van der Waals surface area contributed by atoms with E-state index >= 15 is 0 Å². The second-order valence-corrected chi connectivity index (χ2v) is 7.58. The van der Waals surface area contributed by atoms with E-state index in [1.807, 2.05) is 0 Å². The molecule has 0 fully saturated rings. The maximum Gasteiger partial charge on any atom is 0.135 e. The minimum absolute atomic E-state index is 0.639. The van der Waals surface area contributed by atoms with Gasteiger partial charge in [0.05, 0.1) is 0 Å². The summed E-state index contributed by atoms with van der Waals surface area (Å²) in [6, 6.07) is 0. The molecule has 134 valence electrons. The number of hydrogen-bond acceptors (Lipinski definition) is 6. The first-order valence-electron chi connectivity index (χ1n) is 6.36. The van der Waals surface area contributed by atoms with Crippen molar-refractivity contribution < 1.29 is 29.3 Å². The molecule has 0 spiro atoms. The van der Waals surface area contributed by atoms with Gasteiger partial charge in [-0.05, 0) is 0 Å². The Bertz CT molecular complexity index is 229. The van der Waals surface area contributed by atoms with Crippen LogP contribution in [0, 0.1) is 0 Å². The summed E-state index contributed by atoms with van der Waals surface area (Å²) in [4.78, 5) is 24.8. The Morgan fingerprint density at radius 1 is 0.522 bits per heavy atom. The smallest absolute Gasteiger partial charge is 0.135 e. The standard InChI is InChI=1S/3C4H6O2.C4H12Si/c3*1-3-5-6-4-2;1-4(2,3)5/h3*3-4H,1-2H2;1-3,5H3. The van der Waals surface area contributed by atoms with Crippen LogP contribution in [0.5, 0.6) is 0 Å². The molecule has 0 aliphatic heterocycles. The van der Waals surface area contributed by atoms with Crippen LogP contribution in [0.3, 0.4) is 0 Å². The molecule has 0 aromatic heterocycles. The summed E-state index contributed by atoms with van der Waals surface area (Å²) >= 11 is 0. The van der Waals surface area contributed by atoms with E-state index < -0.39 is 0 Å². The largest absolute Gasteiger partial charge is 0.299 e. The molecule has 0 N–H and O–H groups in total. The molecule has 0 saturated carbocycles. The van der Waals surface area contributed by atoms with Gasteiger partial charge in [0, 0.05) is 10.2 Å². The van der Waals surface area contributed by atoms with Gasteiger partial charge < -0.3 is 0 Å². The third-order valence-corrected chi connectivity index (χ3v) is 0.575. The molecule has 6 nitrogen and oxygen atoms in total. The van der Waals surface area contributed by atoms with Crippen LogP contribution in [0.2, 0.25) is 5.04 Å². The van der Waals surface area contributed by atoms with E-state index in [0.717, 1.165) is 0 Å². The Labute approximate surface area is 143 Å². The summed E-state index contributed by atoms with van der Waals surface area (Å²) in [5.74, 6) is 0. The van der Waals surface area contributed by atoms with Gasteiger partial charge in [-0.2, -0.15) is 0 Å². The lowest BCUT2D eigenvalue weighted by Gasteiger charge is -2.05. The Morgan fingerprint density at radius 2 is 0.609 bits per heavy atom. The summed E-state index contributed by atoms with van der Waals surface area (Å²) in [6.07, 6.45) is 7.01. The van der Waals surface area contributed by atoms with Crippen molar-refractivity contribution in [3.8, 4) is 0 Å². The molecule has 23 heavy (non-hydrogen) atoms. The second-order valence-electron chi connectivity index (χ2n) is 4.58. The van der Waals surface area contributed by atoms with Gasteiger partial charge >= 0.3 is 0 Å². The van der Waals surface area contributed by atoms with E-state index in [0.29, 0.717) is 5.04 Å². The molecule has 0 heterocycles. The zero-order valence-corrected chi connectivity index (χ0v) is 16.7. The van der Waals surface area contributed by atoms with Gasteiger partial charge in [0.1, 0.15) is 37.6 Å². The third-order valence-electron chi connectivity index (χ3n) is 0.575. The second kappa shape index (κ2) is 27.7.